The molecule has 0 aromatic heterocycles. The first-order valence-electron chi connectivity index (χ1n) is 3.71. The number of nitrogen functional groups attached to an aromatic ring is 1. The van der Waals surface area contributed by atoms with Crippen LogP contribution in [0.5, 0.6) is 0 Å². The number of halogens is 1. The lowest BCUT2D eigenvalue weighted by Gasteiger charge is -1.95. The van der Waals surface area contributed by atoms with Crippen molar-refractivity contribution in [3.63, 3.8) is 0 Å². The van der Waals surface area contributed by atoms with Gasteiger partial charge < -0.3 is 5.73 Å². The van der Waals surface area contributed by atoms with Gasteiger partial charge in [0.15, 0.2) is 0 Å². The summed E-state index contributed by atoms with van der Waals surface area (Å²) in [5.41, 5.74) is 7.52. The van der Waals surface area contributed by atoms with E-state index in [0.29, 0.717) is 0 Å². The second kappa shape index (κ2) is 5.19. The van der Waals surface area contributed by atoms with Gasteiger partial charge in [-0.25, -0.2) is 0 Å². The summed E-state index contributed by atoms with van der Waals surface area (Å²) in [6.45, 7) is 6.02. The summed E-state index contributed by atoms with van der Waals surface area (Å²) < 4.78 is 1.04. The predicted molar refractivity (Wildman–Crippen MR) is 54.6 cm³/mol. The maximum absolute atomic E-state index is 5.53. The summed E-state index contributed by atoms with van der Waals surface area (Å²) in [6.07, 6.45) is 0. The van der Waals surface area contributed by atoms with Gasteiger partial charge in [-0.2, -0.15) is 0 Å². The number of benzene rings is 1. The van der Waals surface area contributed by atoms with Crippen LogP contribution < -0.4 is 5.73 Å². The van der Waals surface area contributed by atoms with E-state index in [1.165, 1.54) is 5.56 Å². The maximum Gasteiger partial charge on any atom is 0.0327 e. The van der Waals surface area contributed by atoms with E-state index in [4.69, 9.17) is 5.73 Å². The minimum absolute atomic E-state index is 0.807. The average Bonchev–Trinajstić information content (AvgIpc) is 1.88. The van der Waals surface area contributed by atoms with Crippen molar-refractivity contribution >= 4 is 21.6 Å². The molecule has 1 aromatic carbocycles. The van der Waals surface area contributed by atoms with Gasteiger partial charge in [0.25, 0.3) is 0 Å². The van der Waals surface area contributed by atoms with E-state index in [-0.39, 0.29) is 0 Å². The molecule has 2 N–H and O–H groups in total. The van der Waals surface area contributed by atoms with Crippen LogP contribution in [0.1, 0.15) is 19.4 Å². The molecule has 0 aliphatic heterocycles. The van der Waals surface area contributed by atoms with Gasteiger partial charge in [-0.3, -0.25) is 0 Å². The van der Waals surface area contributed by atoms with Crippen molar-refractivity contribution < 1.29 is 0 Å². The molecular formula is C9H14BrN. The first kappa shape index (κ1) is 10.5. The van der Waals surface area contributed by atoms with Crippen LogP contribution in [0.3, 0.4) is 0 Å². The van der Waals surface area contributed by atoms with Gasteiger partial charge in [-0.15, -0.1) is 0 Å². The highest BCUT2D eigenvalue weighted by atomic mass is 79.9. The molecule has 0 saturated heterocycles. The summed E-state index contributed by atoms with van der Waals surface area (Å²) in [6, 6.07) is 5.84. The molecule has 62 valence electrons. The molecule has 0 fully saturated rings. The van der Waals surface area contributed by atoms with Crippen LogP contribution in [0.2, 0.25) is 0 Å². The Morgan fingerprint density at radius 1 is 1.18 bits per heavy atom. The van der Waals surface area contributed by atoms with Crippen molar-refractivity contribution in [3.8, 4) is 0 Å². The van der Waals surface area contributed by atoms with Crippen LogP contribution in [0, 0.1) is 6.92 Å². The van der Waals surface area contributed by atoms with E-state index in [2.05, 4.69) is 15.9 Å². The van der Waals surface area contributed by atoms with Crippen molar-refractivity contribution in [1.29, 1.82) is 0 Å². The van der Waals surface area contributed by atoms with Gasteiger partial charge in [0, 0.05) is 10.2 Å². The maximum atomic E-state index is 5.53. The Kier molecular flexibility index (Phi) is 4.95. The lowest BCUT2D eigenvalue weighted by molar-refractivity contribution is 1.45. The van der Waals surface area contributed by atoms with E-state index >= 15 is 0 Å². The van der Waals surface area contributed by atoms with Crippen LogP contribution in [-0.2, 0) is 0 Å². The Morgan fingerprint density at radius 3 is 2.09 bits per heavy atom. The minimum atomic E-state index is 0.807. The smallest absolute Gasteiger partial charge is 0.0327 e. The SMILES string of the molecule is CC.Cc1cc(N)cc(Br)c1. The molecule has 0 aliphatic rings. The van der Waals surface area contributed by atoms with Gasteiger partial charge >= 0.3 is 0 Å². The van der Waals surface area contributed by atoms with Crippen molar-refractivity contribution in [2.75, 3.05) is 5.73 Å². The van der Waals surface area contributed by atoms with Gasteiger partial charge in [0.05, 0.1) is 0 Å². The van der Waals surface area contributed by atoms with E-state index in [0.717, 1.165) is 10.2 Å². The quantitative estimate of drug-likeness (QED) is 0.661. The largest absolute Gasteiger partial charge is 0.399 e. The van der Waals surface area contributed by atoms with Gasteiger partial charge in [0.2, 0.25) is 0 Å². The number of hydrogen-bond acceptors (Lipinski definition) is 1. The third-order valence-electron chi connectivity index (χ3n) is 1.06. The zero-order valence-corrected chi connectivity index (χ0v) is 8.77. The highest BCUT2D eigenvalue weighted by molar-refractivity contribution is 9.10. The monoisotopic (exact) mass is 215 g/mol. The van der Waals surface area contributed by atoms with E-state index in [1.807, 2.05) is 39.0 Å². The van der Waals surface area contributed by atoms with Gasteiger partial charge in [-0.05, 0) is 30.7 Å². The number of anilines is 1. The molecule has 0 heterocycles. The molecule has 0 bridgehead atoms. The summed E-state index contributed by atoms with van der Waals surface area (Å²) >= 11 is 3.33. The summed E-state index contributed by atoms with van der Waals surface area (Å²) in [5, 5.41) is 0. The third kappa shape index (κ3) is 4.04. The fourth-order valence-electron chi connectivity index (χ4n) is 0.765. The fraction of sp³-hybridized carbons (Fsp3) is 0.333. The molecule has 0 radical (unpaired) electrons. The molecule has 11 heavy (non-hydrogen) atoms. The van der Waals surface area contributed by atoms with Crippen LogP contribution in [0.15, 0.2) is 22.7 Å². The summed E-state index contributed by atoms with van der Waals surface area (Å²) in [7, 11) is 0. The molecule has 2 heteroatoms. The zero-order valence-electron chi connectivity index (χ0n) is 7.19. The highest BCUT2D eigenvalue weighted by Crippen LogP contribution is 2.15. The molecule has 1 aromatic rings. The lowest BCUT2D eigenvalue weighted by Crippen LogP contribution is -1.84. The van der Waals surface area contributed by atoms with Crippen LogP contribution in [-0.4, -0.2) is 0 Å². The molecule has 0 aliphatic carbocycles. The minimum Gasteiger partial charge on any atom is -0.399 e. The normalized spacial score (nSPS) is 8.36. The second-order valence-corrected chi connectivity index (χ2v) is 2.98. The topological polar surface area (TPSA) is 26.0 Å². The lowest BCUT2D eigenvalue weighted by atomic mass is 10.2. The highest BCUT2D eigenvalue weighted by Gasteiger charge is 1.89. The average molecular weight is 216 g/mol. The second-order valence-electron chi connectivity index (χ2n) is 2.06. The molecule has 0 unspecified atom stereocenters. The zero-order chi connectivity index (χ0) is 8.85. The first-order chi connectivity index (χ1) is 5.18. The predicted octanol–water partition coefficient (Wildman–Crippen LogP) is 3.37. The molecule has 0 amide bonds. The third-order valence-corrected chi connectivity index (χ3v) is 1.52. The van der Waals surface area contributed by atoms with Crippen LogP contribution in [0.25, 0.3) is 0 Å². The van der Waals surface area contributed by atoms with Crippen molar-refractivity contribution in [1.82, 2.24) is 0 Å². The van der Waals surface area contributed by atoms with E-state index in [9.17, 15) is 0 Å². The Bertz CT molecular complexity index is 170. The van der Waals surface area contributed by atoms with E-state index < -0.39 is 0 Å². The Balaban J connectivity index is 0.000000461. The molecular weight excluding hydrogens is 202 g/mol. The van der Waals surface area contributed by atoms with E-state index in [1.54, 1.807) is 0 Å². The van der Waals surface area contributed by atoms with Crippen molar-refractivity contribution in [2.45, 2.75) is 20.8 Å². The fourth-order valence-corrected chi connectivity index (χ4v) is 1.39. The molecule has 0 spiro atoms. The number of hydrogen-bond donors (Lipinski definition) is 1. The molecule has 1 rings (SSSR count). The Morgan fingerprint density at radius 2 is 1.73 bits per heavy atom. The molecule has 0 saturated carbocycles. The number of nitrogens with two attached hydrogens (primary N) is 1. The van der Waals surface area contributed by atoms with Crippen LogP contribution >= 0.6 is 15.9 Å². The standard InChI is InChI=1S/C7H8BrN.C2H6/c1-5-2-6(8)4-7(9)3-5;1-2/h2-4H,9H2,1H3;1-2H3. The summed E-state index contributed by atoms with van der Waals surface area (Å²) in [4.78, 5) is 0. The molecule has 0 atom stereocenters. The Labute approximate surface area is 76.7 Å². The van der Waals surface area contributed by atoms with Gasteiger partial charge in [-0.1, -0.05) is 29.8 Å². The Hall–Kier alpha value is -0.500. The van der Waals surface area contributed by atoms with Crippen LogP contribution in [0.4, 0.5) is 5.69 Å². The molecule has 1 nitrogen and oxygen atoms in total. The van der Waals surface area contributed by atoms with Gasteiger partial charge in [0.1, 0.15) is 0 Å². The summed E-state index contributed by atoms with van der Waals surface area (Å²) in [5.74, 6) is 0. The van der Waals surface area contributed by atoms with Crippen molar-refractivity contribution in [2.24, 2.45) is 0 Å². The number of aryl methyl sites for hydroxylation is 1. The number of rotatable bonds is 0. The first-order valence-corrected chi connectivity index (χ1v) is 4.50. The van der Waals surface area contributed by atoms with Crippen molar-refractivity contribution in [3.05, 3.63) is 28.2 Å².